The molecule has 1 heterocycles. The van der Waals surface area contributed by atoms with Crippen LogP contribution in [-0.4, -0.2) is 25.6 Å². The summed E-state index contributed by atoms with van der Waals surface area (Å²) in [6, 6.07) is 16.2. The predicted molar refractivity (Wildman–Crippen MR) is 101 cm³/mol. The number of aryl methyl sites for hydroxylation is 1. The van der Waals surface area contributed by atoms with E-state index in [-0.39, 0.29) is 12.5 Å². The first-order valence-electron chi connectivity index (χ1n) is 9.01. The van der Waals surface area contributed by atoms with Gasteiger partial charge in [-0.05, 0) is 56.0 Å². The molecule has 0 aliphatic carbocycles. The van der Waals surface area contributed by atoms with Gasteiger partial charge in [0.15, 0.2) is 6.61 Å². The van der Waals surface area contributed by atoms with Gasteiger partial charge in [-0.2, -0.15) is 0 Å². The number of carbonyl (C=O) groups excluding carboxylic acids is 1. The van der Waals surface area contributed by atoms with Gasteiger partial charge in [0, 0.05) is 25.3 Å². The van der Waals surface area contributed by atoms with Gasteiger partial charge in [-0.25, -0.2) is 0 Å². The zero-order valence-electron chi connectivity index (χ0n) is 14.8. The van der Waals surface area contributed by atoms with Gasteiger partial charge in [0.1, 0.15) is 5.75 Å². The number of carbonyl (C=O) groups is 1. The van der Waals surface area contributed by atoms with Crippen molar-refractivity contribution in [2.24, 2.45) is 0 Å². The number of ether oxygens (including phenoxy) is 1. The van der Waals surface area contributed by atoms with Crippen molar-refractivity contribution in [3.05, 3.63) is 59.7 Å². The Kier molecular flexibility index (Phi) is 5.94. The fourth-order valence-electron chi connectivity index (χ4n) is 3.01. The van der Waals surface area contributed by atoms with E-state index in [0.717, 1.165) is 18.7 Å². The summed E-state index contributed by atoms with van der Waals surface area (Å²) in [5.41, 5.74) is 3.55. The Hall–Kier alpha value is -2.49. The largest absolute Gasteiger partial charge is 0.484 e. The minimum atomic E-state index is -0.110. The van der Waals surface area contributed by atoms with Gasteiger partial charge in [-0.1, -0.05) is 29.8 Å². The van der Waals surface area contributed by atoms with E-state index in [2.05, 4.69) is 34.5 Å². The van der Waals surface area contributed by atoms with Crippen LogP contribution in [0, 0.1) is 6.92 Å². The molecule has 0 spiro atoms. The van der Waals surface area contributed by atoms with Gasteiger partial charge in [0.05, 0.1) is 0 Å². The fourth-order valence-corrected chi connectivity index (χ4v) is 3.01. The van der Waals surface area contributed by atoms with Gasteiger partial charge in [0.25, 0.3) is 5.91 Å². The zero-order valence-corrected chi connectivity index (χ0v) is 14.8. The van der Waals surface area contributed by atoms with Crippen LogP contribution in [0.1, 0.15) is 30.4 Å². The van der Waals surface area contributed by atoms with Gasteiger partial charge in [-0.15, -0.1) is 0 Å². The van der Waals surface area contributed by atoms with E-state index in [0.29, 0.717) is 12.3 Å². The van der Waals surface area contributed by atoms with Gasteiger partial charge in [-0.3, -0.25) is 4.79 Å². The lowest BCUT2D eigenvalue weighted by atomic mass is 10.1. The van der Waals surface area contributed by atoms with Crippen molar-refractivity contribution in [1.82, 2.24) is 5.32 Å². The number of nitrogens with one attached hydrogen (secondary N) is 1. The summed E-state index contributed by atoms with van der Waals surface area (Å²) in [7, 11) is 0. The van der Waals surface area contributed by atoms with Crippen LogP contribution >= 0.6 is 0 Å². The summed E-state index contributed by atoms with van der Waals surface area (Å²) in [5, 5.41) is 2.90. The molecule has 3 rings (SSSR count). The molecule has 1 aliphatic heterocycles. The maximum absolute atomic E-state index is 11.9. The number of hydrogen-bond donors (Lipinski definition) is 1. The van der Waals surface area contributed by atoms with Crippen molar-refractivity contribution in [1.29, 1.82) is 0 Å². The molecule has 4 heteroatoms. The van der Waals surface area contributed by atoms with Crippen LogP contribution in [0.25, 0.3) is 0 Å². The molecule has 132 valence electrons. The first-order valence-corrected chi connectivity index (χ1v) is 9.01. The first kappa shape index (κ1) is 17.3. The second-order valence-corrected chi connectivity index (χ2v) is 6.59. The number of amides is 1. The Morgan fingerprint density at radius 2 is 1.68 bits per heavy atom. The molecule has 2 aromatic carbocycles. The number of benzene rings is 2. The summed E-state index contributed by atoms with van der Waals surface area (Å²) in [4.78, 5) is 14.4. The summed E-state index contributed by atoms with van der Waals surface area (Å²) in [6.07, 6.45) is 3.89. The molecular weight excluding hydrogens is 312 g/mol. The third-order valence-electron chi connectivity index (χ3n) is 4.54. The SMILES string of the molecule is Cc1ccc(OCC(=O)NCc2ccc(N3CCCCC3)cc2)cc1. The number of hydrogen-bond acceptors (Lipinski definition) is 3. The molecule has 0 unspecified atom stereocenters. The lowest BCUT2D eigenvalue weighted by Crippen LogP contribution is -2.29. The molecule has 2 aromatic rings. The summed E-state index contributed by atoms with van der Waals surface area (Å²) in [5.74, 6) is 0.604. The molecule has 25 heavy (non-hydrogen) atoms. The van der Waals surface area contributed by atoms with E-state index < -0.39 is 0 Å². The minimum absolute atomic E-state index is 0.0366. The fraction of sp³-hybridized carbons (Fsp3) is 0.381. The maximum atomic E-state index is 11.9. The molecule has 1 saturated heterocycles. The van der Waals surface area contributed by atoms with Crippen molar-refractivity contribution in [2.45, 2.75) is 32.7 Å². The molecule has 1 fully saturated rings. The number of piperidine rings is 1. The molecule has 0 atom stereocenters. The Bertz CT molecular complexity index is 674. The Balaban J connectivity index is 1.43. The summed E-state index contributed by atoms with van der Waals surface area (Å²) >= 11 is 0. The number of rotatable bonds is 6. The molecule has 0 bridgehead atoms. The molecule has 1 amide bonds. The zero-order chi connectivity index (χ0) is 17.5. The highest BCUT2D eigenvalue weighted by atomic mass is 16.5. The average molecular weight is 338 g/mol. The van der Waals surface area contributed by atoms with Crippen molar-refractivity contribution in [3.63, 3.8) is 0 Å². The molecule has 1 aliphatic rings. The second kappa shape index (κ2) is 8.56. The Morgan fingerprint density at radius 3 is 2.36 bits per heavy atom. The standard InChI is InChI=1S/C21H26N2O2/c1-17-5-11-20(12-6-17)25-16-21(24)22-15-18-7-9-19(10-8-18)23-13-3-2-4-14-23/h5-12H,2-4,13-16H2,1H3,(H,22,24). The highest BCUT2D eigenvalue weighted by molar-refractivity contribution is 5.77. The van der Waals surface area contributed by atoms with E-state index in [1.807, 2.05) is 31.2 Å². The predicted octanol–water partition coefficient (Wildman–Crippen LogP) is 3.68. The van der Waals surface area contributed by atoms with Crippen molar-refractivity contribution >= 4 is 11.6 Å². The lowest BCUT2D eigenvalue weighted by Gasteiger charge is -2.28. The van der Waals surface area contributed by atoms with E-state index in [4.69, 9.17) is 4.74 Å². The van der Waals surface area contributed by atoms with Crippen molar-refractivity contribution in [2.75, 3.05) is 24.6 Å². The first-order chi connectivity index (χ1) is 12.2. The van der Waals surface area contributed by atoms with E-state index >= 15 is 0 Å². The second-order valence-electron chi connectivity index (χ2n) is 6.59. The van der Waals surface area contributed by atoms with Crippen LogP contribution in [0.5, 0.6) is 5.75 Å². The van der Waals surface area contributed by atoms with Gasteiger partial charge >= 0.3 is 0 Å². The molecular formula is C21H26N2O2. The topological polar surface area (TPSA) is 41.6 Å². The summed E-state index contributed by atoms with van der Waals surface area (Å²) in [6.45, 7) is 4.87. The smallest absolute Gasteiger partial charge is 0.258 e. The van der Waals surface area contributed by atoms with Gasteiger partial charge in [0.2, 0.25) is 0 Å². The minimum Gasteiger partial charge on any atom is -0.484 e. The third-order valence-corrected chi connectivity index (χ3v) is 4.54. The quantitative estimate of drug-likeness (QED) is 0.873. The number of anilines is 1. The highest BCUT2D eigenvalue weighted by Crippen LogP contribution is 2.20. The molecule has 1 N–H and O–H groups in total. The highest BCUT2D eigenvalue weighted by Gasteiger charge is 2.10. The maximum Gasteiger partial charge on any atom is 0.258 e. The van der Waals surface area contributed by atoms with E-state index in [1.165, 1.54) is 30.5 Å². The average Bonchev–Trinajstić information content (AvgIpc) is 2.67. The van der Waals surface area contributed by atoms with Crippen molar-refractivity contribution in [3.8, 4) is 5.75 Å². The monoisotopic (exact) mass is 338 g/mol. The molecule has 0 aromatic heterocycles. The van der Waals surface area contributed by atoms with Crippen LogP contribution in [0.4, 0.5) is 5.69 Å². The van der Waals surface area contributed by atoms with Crippen LogP contribution < -0.4 is 15.0 Å². The van der Waals surface area contributed by atoms with Crippen LogP contribution in [-0.2, 0) is 11.3 Å². The summed E-state index contributed by atoms with van der Waals surface area (Å²) < 4.78 is 5.49. The van der Waals surface area contributed by atoms with Crippen molar-refractivity contribution < 1.29 is 9.53 Å². The normalized spacial score (nSPS) is 14.2. The molecule has 4 nitrogen and oxygen atoms in total. The van der Waals surface area contributed by atoms with Crippen LogP contribution in [0.2, 0.25) is 0 Å². The molecule has 0 saturated carbocycles. The van der Waals surface area contributed by atoms with Gasteiger partial charge < -0.3 is 15.0 Å². The van der Waals surface area contributed by atoms with Crippen LogP contribution in [0.3, 0.4) is 0 Å². The molecule has 0 radical (unpaired) electrons. The Labute approximate surface area is 149 Å². The Morgan fingerprint density at radius 1 is 1.00 bits per heavy atom. The van der Waals surface area contributed by atoms with E-state index in [9.17, 15) is 4.79 Å². The van der Waals surface area contributed by atoms with E-state index in [1.54, 1.807) is 0 Å². The number of nitrogens with zero attached hydrogens (tertiary/aromatic N) is 1. The lowest BCUT2D eigenvalue weighted by molar-refractivity contribution is -0.123. The third kappa shape index (κ3) is 5.24. The van der Waals surface area contributed by atoms with Crippen LogP contribution in [0.15, 0.2) is 48.5 Å².